The molecular formula is C20H18BrN3O2S2. The summed E-state index contributed by atoms with van der Waals surface area (Å²) in [5, 5.41) is 3.48. The monoisotopic (exact) mass is 475 g/mol. The number of nitrogens with zero attached hydrogens (tertiary/aromatic N) is 2. The second-order valence-electron chi connectivity index (χ2n) is 6.40. The number of benzene rings is 2. The molecule has 0 saturated carbocycles. The predicted molar refractivity (Wildman–Crippen MR) is 121 cm³/mol. The lowest BCUT2D eigenvalue weighted by Gasteiger charge is -2.11. The number of amides is 1. The van der Waals surface area contributed by atoms with Crippen LogP contribution >= 0.6 is 39.5 Å². The number of carbonyl (C=O) groups excluding carboxylic acids is 1. The Morgan fingerprint density at radius 1 is 1.21 bits per heavy atom. The van der Waals surface area contributed by atoms with E-state index in [1.165, 1.54) is 16.5 Å². The summed E-state index contributed by atoms with van der Waals surface area (Å²) in [4.78, 5) is 29.3. The lowest BCUT2D eigenvalue weighted by molar-refractivity contribution is -0.116. The first kappa shape index (κ1) is 19.5. The van der Waals surface area contributed by atoms with Gasteiger partial charge in [0.2, 0.25) is 5.91 Å². The van der Waals surface area contributed by atoms with Gasteiger partial charge >= 0.3 is 0 Å². The van der Waals surface area contributed by atoms with E-state index >= 15 is 0 Å². The zero-order valence-electron chi connectivity index (χ0n) is 14.9. The molecule has 1 saturated heterocycles. The van der Waals surface area contributed by atoms with Crippen molar-refractivity contribution < 1.29 is 4.79 Å². The summed E-state index contributed by atoms with van der Waals surface area (Å²) >= 11 is 7.25. The third-order valence-corrected chi connectivity index (χ3v) is 8.03. The van der Waals surface area contributed by atoms with Crippen LogP contribution in [0.15, 0.2) is 58.1 Å². The third kappa shape index (κ3) is 4.45. The van der Waals surface area contributed by atoms with Crippen LogP contribution in [0.1, 0.15) is 16.6 Å². The summed E-state index contributed by atoms with van der Waals surface area (Å²) in [6, 6.07) is 13.4. The van der Waals surface area contributed by atoms with Gasteiger partial charge in [-0.3, -0.25) is 14.2 Å². The van der Waals surface area contributed by atoms with Gasteiger partial charge in [-0.15, -0.1) is 23.5 Å². The fourth-order valence-electron chi connectivity index (χ4n) is 3.05. The van der Waals surface area contributed by atoms with E-state index in [9.17, 15) is 9.59 Å². The summed E-state index contributed by atoms with van der Waals surface area (Å²) in [6.07, 6.45) is 1.71. The number of rotatable bonds is 5. The van der Waals surface area contributed by atoms with Crippen molar-refractivity contribution in [2.75, 3.05) is 16.8 Å². The fourth-order valence-corrected chi connectivity index (χ4v) is 6.25. The first-order valence-corrected chi connectivity index (χ1v) is 11.8. The van der Waals surface area contributed by atoms with Crippen molar-refractivity contribution in [1.29, 1.82) is 0 Å². The van der Waals surface area contributed by atoms with Gasteiger partial charge in [-0.1, -0.05) is 28.1 Å². The molecule has 2 aromatic carbocycles. The molecule has 0 bridgehead atoms. The molecule has 8 heteroatoms. The second-order valence-corrected chi connectivity index (χ2v) is 10.0. The van der Waals surface area contributed by atoms with Gasteiger partial charge in [0, 0.05) is 34.6 Å². The van der Waals surface area contributed by atoms with Crippen LogP contribution in [0, 0.1) is 0 Å². The van der Waals surface area contributed by atoms with E-state index in [0.717, 1.165) is 21.7 Å². The number of hydrogen-bond acceptors (Lipinski definition) is 5. The van der Waals surface area contributed by atoms with Crippen molar-refractivity contribution >= 4 is 62.0 Å². The molecule has 0 unspecified atom stereocenters. The van der Waals surface area contributed by atoms with E-state index in [1.54, 1.807) is 12.1 Å². The Morgan fingerprint density at radius 2 is 2.04 bits per heavy atom. The highest BCUT2D eigenvalue weighted by molar-refractivity contribution is 9.10. The molecule has 144 valence electrons. The Balaban J connectivity index is 1.42. The zero-order valence-corrected chi connectivity index (χ0v) is 18.1. The molecule has 1 N–H and O–H groups in total. The maximum Gasteiger partial charge on any atom is 0.261 e. The molecule has 2 heterocycles. The van der Waals surface area contributed by atoms with E-state index in [1.807, 2.05) is 47.8 Å². The summed E-state index contributed by atoms with van der Waals surface area (Å²) in [6.45, 7) is 0.286. The van der Waals surface area contributed by atoms with E-state index in [2.05, 4.69) is 32.3 Å². The smallest absolute Gasteiger partial charge is 0.261 e. The Kier molecular flexibility index (Phi) is 6.08. The molecule has 4 rings (SSSR count). The molecular weight excluding hydrogens is 458 g/mol. The Morgan fingerprint density at radius 3 is 2.86 bits per heavy atom. The average Bonchev–Trinajstić information content (AvgIpc) is 3.23. The van der Waals surface area contributed by atoms with Crippen LogP contribution in [-0.4, -0.2) is 27.0 Å². The van der Waals surface area contributed by atoms with Crippen molar-refractivity contribution in [3.8, 4) is 0 Å². The molecule has 1 aliphatic heterocycles. The summed E-state index contributed by atoms with van der Waals surface area (Å²) in [7, 11) is 0. The molecule has 1 aliphatic rings. The number of fused-ring (bicyclic) bond motifs is 1. The lowest BCUT2D eigenvalue weighted by Crippen LogP contribution is -2.23. The summed E-state index contributed by atoms with van der Waals surface area (Å²) in [5.41, 5.74) is 2.53. The van der Waals surface area contributed by atoms with Gasteiger partial charge in [-0.05, 0) is 35.9 Å². The number of nitrogens with one attached hydrogen (secondary N) is 1. The van der Waals surface area contributed by atoms with Crippen molar-refractivity contribution in [1.82, 2.24) is 9.55 Å². The number of carbonyl (C=O) groups is 1. The molecule has 0 spiro atoms. The molecule has 1 aromatic heterocycles. The van der Waals surface area contributed by atoms with Gasteiger partial charge in [0.1, 0.15) is 0 Å². The maximum absolute atomic E-state index is 12.6. The van der Waals surface area contributed by atoms with Crippen molar-refractivity contribution in [3.05, 3.63) is 69.2 Å². The minimum Gasteiger partial charge on any atom is -0.326 e. The lowest BCUT2D eigenvalue weighted by atomic mass is 10.2. The minimum atomic E-state index is -0.142. The minimum absolute atomic E-state index is 0.120. The summed E-state index contributed by atoms with van der Waals surface area (Å²) < 4.78 is 2.75. The number of aromatic nitrogens is 2. The molecule has 5 nitrogen and oxygen atoms in total. The molecule has 1 amide bonds. The van der Waals surface area contributed by atoms with Gasteiger partial charge in [-0.2, -0.15) is 0 Å². The Labute approximate surface area is 179 Å². The summed E-state index contributed by atoms with van der Waals surface area (Å²) in [5.74, 6) is 2.21. The van der Waals surface area contributed by atoms with Crippen LogP contribution in [-0.2, 0) is 11.3 Å². The number of aryl methyl sites for hydroxylation is 1. The van der Waals surface area contributed by atoms with Crippen molar-refractivity contribution in [2.24, 2.45) is 0 Å². The normalized spacial score (nSPS) is 14.5. The largest absolute Gasteiger partial charge is 0.326 e. The van der Waals surface area contributed by atoms with Crippen LogP contribution in [0.5, 0.6) is 0 Å². The SMILES string of the molecule is O=C(CCn1cnc2ccc(Br)cc2c1=O)Nc1cccc(C2SCCS2)c1. The van der Waals surface area contributed by atoms with Gasteiger partial charge in [-0.25, -0.2) is 4.98 Å². The fraction of sp³-hybridized carbons (Fsp3) is 0.250. The zero-order chi connectivity index (χ0) is 19.5. The number of anilines is 1. The topological polar surface area (TPSA) is 64.0 Å². The molecule has 0 atom stereocenters. The highest BCUT2D eigenvalue weighted by Gasteiger charge is 2.18. The van der Waals surface area contributed by atoms with Crippen LogP contribution in [0.4, 0.5) is 5.69 Å². The van der Waals surface area contributed by atoms with Crippen molar-refractivity contribution in [3.63, 3.8) is 0 Å². The number of thioether (sulfide) groups is 2. The van der Waals surface area contributed by atoms with E-state index < -0.39 is 0 Å². The highest BCUT2D eigenvalue weighted by atomic mass is 79.9. The van der Waals surface area contributed by atoms with Gasteiger partial charge in [0.25, 0.3) is 5.56 Å². The van der Waals surface area contributed by atoms with E-state index in [4.69, 9.17) is 0 Å². The molecule has 3 aromatic rings. The first-order valence-electron chi connectivity index (χ1n) is 8.88. The van der Waals surface area contributed by atoms with Gasteiger partial charge in [0.15, 0.2) is 0 Å². The van der Waals surface area contributed by atoms with E-state index in [0.29, 0.717) is 15.5 Å². The third-order valence-electron chi connectivity index (χ3n) is 4.43. The molecule has 0 radical (unpaired) electrons. The first-order chi connectivity index (χ1) is 13.6. The van der Waals surface area contributed by atoms with E-state index in [-0.39, 0.29) is 24.4 Å². The molecule has 1 fully saturated rings. The second kappa shape index (κ2) is 8.71. The van der Waals surface area contributed by atoms with Crippen LogP contribution in [0.2, 0.25) is 0 Å². The predicted octanol–water partition coefficient (Wildman–Crippen LogP) is 4.67. The van der Waals surface area contributed by atoms with Crippen LogP contribution < -0.4 is 10.9 Å². The Hall–Kier alpha value is -1.77. The highest BCUT2D eigenvalue weighted by Crippen LogP contribution is 2.45. The van der Waals surface area contributed by atoms with Crippen molar-refractivity contribution in [2.45, 2.75) is 17.5 Å². The van der Waals surface area contributed by atoms with Crippen LogP contribution in [0.25, 0.3) is 10.9 Å². The quantitative estimate of drug-likeness (QED) is 0.580. The standard InChI is InChI=1S/C20H18BrN3O2S2/c21-14-4-5-17-16(11-14)19(26)24(12-22-17)7-6-18(25)23-15-3-1-2-13(10-15)20-27-8-9-28-20/h1-5,10-12,20H,6-9H2,(H,23,25). The Bertz CT molecular complexity index is 1080. The van der Waals surface area contributed by atoms with Gasteiger partial charge in [0.05, 0.1) is 21.8 Å². The maximum atomic E-state index is 12.6. The average molecular weight is 476 g/mol. The van der Waals surface area contributed by atoms with Crippen LogP contribution in [0.3, 0.4) is 0 Å². The number of hydrogen-bond donors (Lipinski definition) is 1. The van der Waals surface area contributed by atoms with Gasteiger partial charge < -0.3 is 5.32 Å². The molecule has 0 aliphatic carbocycles. The molecule has 28 heavy (non-hydrogen) atoms. The number of halogens is 1.